The molecule has 2 N–H and O–H groups in total. The van der Waals surface area contributed by atoms with Crippen LogP contribution in [0, 0.1) is 6.92 Å². The van der Waals surface area contributed by atoms with Gasteiger partial charge in [-0.15, -0.1) is 11.3 Å². The quantitative estimate of drug-likeness (QED) is 0.399. The van der Waals surface area contributed by atoms with Gasteiger partial charge in [0.15, 0.2) is 6.10 Å². The van der Waals surface area contributed by atoms with Crippen molar-refractivity contribution in [2.45, 2.75) is 59.0 Å². The summed E-state index contributed by atoms with van der Waals surface area (Å²) in [4.78, 5) is 40.4. The third-order valence-electron chi connectivity index (χ3n) is 5.23. The lowest BCUT2D eigenvalue weighted by Gasteiger charge is -2.17. The molecule has 0 saturated carbocycles. The van der Waals surface area contributed by atoms with E-state index in [-0.39, 0.29) is 17.8 Å². The first-order valence-corrected chi connectivity index (χ1v) is 11.8. The number of carbonyl (C=O) groups excluding carboxylic acids is 1. The second-order valence-corrected chi connectivity index (χ2v) is 8.70. The van der Waals surface area contributed by atoms with Gasteiger partial charge in [-0.05, 0) is 44.7 Å². The van der Waals surface area contributed by atoms with E-state index < -0.39 is 12.1 Å². The molecule has 1 atom stereocenters. The number of amides is 1. The summed E-state index contributed by atoms with van der Waals surface area (Å²) < 4.78 is 11.6. The van der Waals surface area contributed by atoms with Gasteiger partial charge in [0.1, 0.15) is 22.6 Å². The van der Waals surface area contributed by atoms with Gasteiger partial charge in [0.05, 0.1) is 10.9 Å². The van der Waals surface area contributed by atoms with Crippen LogP contribution in [0.2, 0.25) is 0 Å². The van der Waals surface area contributed by atoms with Gasteiger partial charge in [0.2, 0.25) is 5.43 Å². The summed E-state index contributed by atoms with van der Waals surface area (Å²) in [7, 11) is 0. The molecule has 0 aliphatic rings. The van der Waals surface area contributed by atoms with E-state index in [4.69, 9.17) is 14.3 Å². The van der Waals surface area contributed by atoms with Gasteiger partial charge in [-0.25, -0.2) is 4.98 Å². The molecule has 0 unspecified atom stereocenters. The van der Waals surface area contributed by atoms with E-state index in [1.54, 1.807) is 19.1 Å². The number of carbonyl (C=O) groups is 2. The van der Waals surface area contributed by atoms with Gasteiger partial charge < -0.3 is 19.6 Å². The number of aliphatic carboxylic acids is 1. The summed E-state index contributed by atoms with van der Waals surface area (Å²) in [5.41, 5.74) is 2.30. The van der Waals surface area contributed by atoms with Crippen LogP contribution >= 0.6 is 11.3 Å². The molecule has 176 valence electrons. The van der Waals surface area contributed by atoms with Crippen molar-refractivity contribution in [3.05, 3.63) is 45.3 Å². The van der Waals surface area contributed by atoms with Gasteiger partial charge in [-0.3, -0.25) is 14.4 Å². The fourth-order valence-electron chi connectivity index (χ4n) is 3.39. The van der Waals surface area contributed by atoms with Crippen LogP contribution in [-0.2, 0) is 16.0 Å². The number of nitrogens with one attached hydrogen (secondary N) is 1. The number of carboxylic acids is 1. The predicted octanol–water partition coefficient (Wildman–Crippen LogP) is 4.32. The van der Waals surface area contributed by atoms with Crippen molar-refractivity contribution in [1.82, 2.24) is 10.3 Å². The van der Waals surface area contributed by atoms with Crippen molar-refractivity contribution in [1.29, 1.82) is 0 Å². The van der Waals surface area contributed by atoms with Crippen molar-refractivity contribution in [2.24, 2.45) is 0 Å². The van der Waals surface area contributed by atoms with Gasteiger partial charge in [-0.2, -0.15) is 0 Å². The third kappa shape index (κ3) is 6.19. The Hall–Kier alpha value is -3.20. The zero-order chi connectivity index (χ0) is 24.0. The second kappa shape index (κ2) is 11.1. The summed E-state index contributed by atoms with van der Waals surface area (Å²) in [6.45, 7) is 5.94. The van der Waals surface area contributed by atoms with Gasteiger partial charge in [0, 0.05) is 30.1 Å². The lowest BCUT2D eigenvalue weighted by atomic mass is 10.1. The topological polar surface area (TPSA) is 119 Å². The molecular formula is C24H28N2O6S. The lowest BCUT2D eigenvalue weighted by molar-refractivity contribution is -0.137. The molecule has 33 heavy (non-hydrogen) atoms. The molecular weight excluding hydrogens is 444 g/mol. The third-order valence-corrected chi connectivity index (χ3v) is 6.22. The number of unbranched alkanes of at least 4 members (excludes halogenated alkanes) is 2. The van der Waals surface area contributed by atoms with Gasteiger partial charge >= 0.3 is 5.97 Å². The number of aromatic nitrogens is 1. The van der Waals surface area contributed by atoms with E-state index in [1.807, 2.05) is 19.2 Å². The Kier molecular flexibility index (Phi) is 8.21. The largest absolute Gasteiger partial charge is 0.481 e. The minimum Gasteiger partial charge on any atom is -0.481 e. The molecule has 0 saturated heterocycles. The maximum Gasteiger partial charge on any atom is 0.303 e. The molecule has 0 radical (unpaired) electrons. The van der Waals surface area contributed by atoms with E-state index in [0.29, 0.717) is 53.1 Å². The zero-order valence-corrected chi connectivity index (χ0v) is 19.8. The molecule has 3 rings (SSSR count). The normalized spacial score (nSPS) is 12.0. The Morgan fingerprint density at radius 2 is 2.06 bits per heavy atom. The minimum absolute atomic E-state index is 0.135. The molecule has 0 bridgehead atoms. The maximum absolute atomic E-state index is 13.0. The van der Waals surface area contributed by atoms with Crippen LogP contribution in [0.15, 0.2) is 33.0 Å². The van der Waals surface area contributed by atoms with Crippen molar-refractivity contribution < 1.29 is 23.8 Å². The highest BCUT2D eigenvalue weighted by molar-refractivity contribution is 7.13. The SMILES string of the molecule is CCc1cc2c(=O)c(-c3nc(C)cs3)coc2cc1O[C@@H](C)C(=O)NCCCCCC(=O)O. The van der Waals surface area contributed by atoms with Crippen molar-refractivity contribution in [3.8, 4) is 16.3 Å². The highest BCUT2D eigenvalue weighted by Crippen LogP contribution is 2.29. The molecule has 0 aliphatic carbocycles. The van der Waals surface area contributed by atoms with Crippen LogP contribution in [0.4, 0.5) is 0 Å². The number of nitrogens with zero attached hydrogens (tertiary/aromatic N) is 1. The molecule has 1 aromatic carbocycles. The molecule has 2 aromatic heterocycles. The molecule has 0 aliphatic heterocycles. The fraction of sp³-hybridized carbons (Fsp3) is 0.417. The Morgan fingerprint density at radius 1 is 1.27 bits per heavy atom. The number of ether oxygens (including phenoxy) is 1. The number of hydrogen-bond acceptors (Lipinski definition) is 7. The zero-order valence-electron chi connectivity index (χ0n) is 19.0. The molecule has 0 spiro atoms. The Balaban J connectivity index is 1.70. The number of hydrogen-bond donors (Lipinski definition) is 2. The standard InChI is InChI=1S/C24H28N2O6S/c1-4-16-10-17-20(31-12-18(22(17)29)24-26-14(2)13-33-24)11-19(16)32-15(3)23(30)25-9-7-5-6-8-21(27)28/h10-13,15H,4-9H2,1-3H3,(H,25,30)(H,27,28)/t15-/m0/s1. The van der Waals surface area contributed by atoms with E-state index in [1.165, 1.54) is 17.6 Å². The highest BCUT2D eigenvalue weighted by atomic mass is 32.1. The number of benzene rings is 1. The van der Waals surface area contributed by atoms with Gasteiger partial charge in [0.25, 0.3) is 5.91 Å². The lowest BCUT2D eigenvalue weighted by Crippen LogP contribution is -2.37. The van der Waals surface area contributed by atoms with E-state index in [9.17, 15) is 14.4 Å². The molecule has 1 amide bonds. The highest BCUT2D eigenvalue weighted by Gasteiger charge is 2.19. The molecule has 2 heterocycles. The first-order valence-electron chi connectivity index (χ1n) is 11.0. The maximum atomic E-state index is 13.0. The first kappa shape index (κ1) is 24.4. The average molecular weight is 473 g/mol. The van der Waals surface area contributed by atoms with Crippen LogP contribution < -0.4 is 15.5 Å². The average Bonchev–Trinajstić information content (AvgIpc) is 3.21. The molecule has 0 fully saturated rings. The van der Waals surface area contributed by atoms with Crippen molar-refractivity contribution in [2.75, 3.05) is 6.54 Å². The fourth-order valence-corrected chi connectivity index (χ4v) is 4.19. The van der Waals surface area contributed by atoms with Gasteiger partial charge in [-0.1, -0.05) is 13.3 Å². The minimum atomic E-state index is -0.812. The predicted molar refractivity (Wildman–Crippen MR) is 127 cm³/mol. The smallest absolute Gasteiger partial charge is 0.303 e. The first-order chi connectivity index (χ1) is 15.8. The van der Waals surface area contributed by atoms with Crippen LogP contribution in [0.5, 0.6) is 5.75 Å². The Morgan fingerprint density at radius 3 is 2.73 bits per heavy atom. The monoisotopic (exact) mass is 472 g/mol. The number of carboxylic acid groups (broad SMARTS) is 1. The summed E-state index contributed by atoms with van der Waals surface area (Å²) >= 11 is 1.40. The van der Waals surface area contributed by atoms with Crippen LogP contribution in [-0.4, -0.2) is 34.6 Å². The second-order valence-electron chi connectivity index (χ2n) is 7.84. The molecule has 3 aromatic rings. The molecule has 9 heteroatoms. The van der Waals surface area contributed by atoms with Crippen LogP contribution in [0.3, 0.4) is 0 Å². The van der Waals surface area contributed by atoms with Crippen molar-refractivity contribution in [3.63, 3.8) is 0 Å². The van der Waals surface area contributed by atoms with E-state index in [2.05, 4.69) is 10.3 Å². The van der Waals surface area contributed by atoms with E-state index >= 15 is 0 Å². The number of rotatable bonds is 11. The number of fused-ring (bicyclic) bond motifs is 1. The Bertz CT molecular complexity index is 1200. The number of aryl methyl sites for hydroxylation is 2. The summed E-state index contributed by atoms with van der Waals surface area (Å²) in [5.74, 6) is -0.574. The van der Waals surface area contributed by atoms with E-state index in [0.717, 1.165) is 17.7 Å². The van der Waals surface area contributed by atoms with Crippen molar-refractivity contribution >= 4 is 34.2 Å². The summed E-state index contributed by atoms with van der Waals surface area (Å²) in [5, 5.41) is 14.4. The van der Waals surface area contributed by atoms with Crippen LogP contribution in [0.25, 0.3) is 21.5 Å². The Labute approximate surface area is 195 Å². The summed E-state index contributed by atoms with van der Waals surface area (Å²) in [6, 6.07) is 3.41. The summed E-state index contributed by atoms with van der Waals surface area (Å²) in [6.07, 6.45) is 3.44. The van der Waals surface area contributed by atoms with Crippen LogP contribution in [0.1, 0.15) is 50.8 Å². The number of thiazole rings is 1. The molecule has 8 nitrogen and oxygen atoms in total.